The molecule has 0 unspecified atom stereocenters. The van der Waals surface area contributed by atoms with Crippen molar-refractivity contribution in [1.82, 2.24) is 4.98 Å². The van der Waals surface area contributed by atoms with Gasteiger partial charge in [0.05, 0.1) is 5.69 Å². The van der Waals surface area contributed by atoms with Crippen LogP contribution < -0.4 is 5.32 Å². The minimum absolute atomic E-state index is 0.0698. The van der Waals surface area contributed by atoms with Crippen molar-refractivity contribution in [2.75, 3.05) is 11.9 Å². The summed E-state index contributed by atoms with van der Waals surface area (Å²) >= 11 is 0. The molecule has 2 rings (SSSR count). The number of nitrogens with zero attached hydrogens (tertiary/aromatic N) is 1. The van der Waals surface area contributed by atoms with E-state index in [0.29, 0.717) is 0 Å². The molecule has 0 aromatic carbocycles. The van der Waals surface area contributed by atoms with E-state index in [0.717, 1.165) is 11.3 Å². The molecule has 0 aliphatic carbocycles. The van der Waals surface area contributed by atoms with Crippen molar-refractivity contribution in [3.63, 3.8) is 0 Å². The Kier molecular flexibility index (Phi) is 1.25. The zero-order chi connectivity index (χ0) is 7.68. The topological polar surface area (TPSA) is 57.2 Å². The van der Waals surface area contributed by atoms with Crippen LogP contribution in [0, 0.1) is 0 Å². The highest BCUT2D eigenvalue weighted by Crippen LogP contribution is 2.13. The van der Waals surface area contributed by atoms with Gasteiger partial charge in [-0.05, 0) is 0 Å². The van der Waals surface area contributed by atoms with Crippen LogP contribution in [0.2, 0.25) is 0 Å². The van der Waals surface area contributed by atoms with Gasteiger partial charge in [-0.15, -0.1) is 0 Å². The summed E-state index contributed by atoms with van der Waals surface area (Å²) in [5, 5.41) is 2.71. The third kappa shape index (κ3) is 1.02. The average molecular weight is 149 g/mol. The molecule has 1 aliphatic heterocycles. The Hall–Kier alpha value is -1.58. The van der Waals surface area contributed by atoms with Gasteiger partial charge in [0.25, 0.3) is 0 Å². The largest absolute Gasteiger partial charge is 0.365 e. The summed E-state index contributed by atoms with van der Waals surface area (Å²) in [7, 11) is 0. The maximum Gasteiger partial charge on any atom is 0.246 e. The normalized spacial score (nSPS) is 15.5. The molecule has 0 saturated heterocycles. The van der Waals surface area contributed by atoms with E-state index in [4.69, 9.17) is 0 Å². The Bertz CT molecular complexity index is 313. The molecule has 1 aliphatic rings. The Balaban J connectivity index is 2.44. The molecule has 1 aromatic heterocycles. The van der Waals surface area contributed by atoms with E-state index < -0.39 is 0 Å². The SMILES string of the molecule is O=C1CN=Cc2c[nH]cc2N1. The molecular formula is C7H7N3O. The molecule has 4 nitrogen and oxygen atoms in total. The lowest BCUT2D eigenvalue weighted by molar-refractivity contribution is -0.114. The summed E-state index contributed by atoms with van der Waals surface area (Å²) in [6.45, 7) is 0.217. The number of hydrogen-bond donors (Lipinski definition) is 2. The Morgan fingerprint density at radius 1 is 1.45 bits per heavy atom. The summed E-state index contributed by atoms with van der Waals surface area (Å²) in [5.74, 6) is -0.0698. The van der Waals surface area contributed by atoms with E-state index >= 15 is 0 Å². The van der Waals surface area contributed by atoms with E-state index in [2.05, 4.69) is 15.3 Å². The van der Waals surface area contributed by atoms with Crippen LogP contribution in [0.5, 0.6) is 0 Å². The lowest BCUT2D eigenvalue weighted by Crippen LogP contribution is -2.12. The van der Waals surface area contributed by atoms with Gasteiger partial charge in [-0.3, -0.25) is 9.79 Å². The lowest BCUT2D eigenvalue weighted by Gasteiger charge is -1.96. The van der Waals surface area contributed by atoms with E-state index in [-0.39, 0.29) is 12.5 Å². The summed E-state index contributed by atoms with van der Waals surface area (Å²) < 4.78 is 0. The van der Waals surface area contributed by atoms with Gasteiger partial charge in [0, 0.05) is 24.2 Å². The van der Waals surface area contributed by atoms with Crippen LogP contribution >= 0.6 is 0 Å². The fourth-order valence-corrected chi connectivity index (χ4v) is 1.01. The number of nitrogens with one attached hydrogen (secondary N) is 2. The van der Waals surface area contributed by atoms with Crippen LogP contribution in [0.1, 0.15) is 5.56 Å². The monoisotopic (exact) mass is 149 g/mol. The van der Waals surface area contributed by atoms with Crippen molar-refractivity contribution in [3.05, 3.63) is 18.0 Å². The van der Waals surface area contributed by atoms with Gasteiger partial charge in [-0.2, -0.15) is 0 Å². The van der Waals surface area contributed by atoms with Crippen molar-refractivity contribution in [1.29, 1.82) is 0 Å². The van der Waals surface area contributed by atoms with E-state index in [1.807, 2.05) is 0 Å². The second-order valence-corrected chi connectivity index (χ2v) is 2.34. The Labute approximate surface area is 63.3 Å². The molecule has 11 heavy (non-hydrogen) atoms. The molecular weight excluding hydrogens is 142 g/mol. The first-order valence-electron chi connectivity index (χ1n) is 3.33. The Morgan fingerprint density at radius 2 is 2.36 bits per heavy atom. The van der Waals surface area contributed by atoms with Crippen LogP contribution in [0.3, 0.4) is 0 Å². The molecule has 1 aromatic rings. The van der Waals surface area contributed by atoms with Gasteiger partial charge in [0.1, 0.15) is 6.54 Å². The van der Waals surface area contributed by atoms with Crippen molar-refractivity contribution in [2.45, 2.75) is 0 Å². The first-order chi connectivity index (χ1) is 5.36. The van der Waals surface area contributed by atoms with Crippen LogP contribution in [-0.4, -0.2) is 23.7 Å². The van der Waals surface area contributed by atoms with Crippen molar-refractivity contribution < 1.29 is 4.79 Å². The predicted molar refractivity (Wildman–Crippen MR) is 41.9 cm³/mol. The maximum atomic E-state index is 10.9. The van der Waals surface area contributed by atoms with Gasteiger partial charge in [0.15, 0.2) is 0 Å². The lowest BCUT2D eigenvalue weighted by atomic mass is 10.3. The summed E-state index contributed by atoms with van der Waals surface area (Å²) in [5.41, 5.74) is 1.73. The molecule has 4 heteroatoms. The number of anilines is 1. The number of amides is 1. The van der Waals surface area contributed by atoms with Crippen LogP contribution in [0.25, 0.3) is 0 Å². The van der Waals surface area contributed by atoms with Crippen molar-refractivity contribution in [3.8, 4) is 0 Å². The van der Waals surface area contributed by atoms with E-state index in [1.165, 1.54) is 0 Å². The van der Waals surface area contributed by atoms with Crippen molar-refractivity contribution in [2.24, 2.45) is 4.99 Å². The number of rotatable bonds is 0. The minimum atomic E-state index is -0.0698. The minimum Gasteiger partial charge on any atom is -0.365 e. The van der Waals surface area contributed by atoms with Gasteiger partial charge in [-0.25, -0.2) is 0 Å². The third-order valence-corrected chi connectivity index (χ3v) is 1.52. The number of aliphatic imine (C=N–C) groups is 1. The molecule has 1 amide bonds. The number of hydrogen-bond acceptors (Lipinski definition) is 2. The van der Waals surface area contributed by atoms with Gasteiger partial charge in [0.2, 0.25) is 5.91 Å². The quantitative estimate of drug-likeness (QED) is 0.550. The van der Waals surface area contributed by atoms with Crippen molar-refractivity contribution >= 4 is 17.8 Å². The number of aromatic amines is 1. The summed E-state index contributed by atoms with van der Waals surface area (Å²) in [6.07, 6.45) is 5.22. The summed E-state index contributed by atoms with van der Waals surface area (Å²) in [6, 6.07) is 0. The zero-order valence-corrected chi connectivity index (χ0v) is 5.79. The van der Waals surface area contributed by atoms with E-state index in [1.54, 1.807) is 18.6 Å². The highest BCUT2D eigenvalue weighted by Gasteiger charge is 2.08. The molecule has 56 valence electrons. The van der Waals surface area contributed by atoms with Gasteiger partial charge >= 0.3 is 0 Å². The number of H-pyrrole nitrogens is 1. The van der Waals surface area contributed by atoms with E-state index in [9.17, 15) is 4.79 Å². The van der Waals surface area contributed by atoms with Crippen LogP contribution in [-0.2, 0) is 4.79 Å². The maximum absolute atomic E-state index is 10.9. The highest BCUT2D eigenvalue weighted by atomic mass is 16.1. The highest BCUT2D eigenvalue weighted by molar-refractivity contribution is 6.01. The third-order valence-electron chi connectivity index (χ3n) is 1.52. The number of fused-ring (bicyclic) bond motifs is 1. The smallest absolute Gasteiger partial charge is 0.246 e. The zero-order valence-electron chi connectivity index (χ0n) is 5.79. The first-order valence-corrected chi connectivity index (χ1v) is 3.33. The molecule has 0 spiro atoms. The van der Waals surface area contributed by atoms with Gasteiger partial charge in [-0.1, -0.05) is 0 Å². The second-order valence-electron chi connectivity index (χ2n) is 2.34. The molecule has 0 fully saturated rings. The molecule has 2 heterocycles. The van der Waals surface area contributed by atoms with Gasteiger partial charge < -0.3 is 10.3 Å². The second kappa shape index (κ2) is 2.23. The summed E-state index contributed by atoms with van der Waals surface area (Å²) in [4.78, 5) is 17.7. The molecule has 0 saturated carbocycles. The first kappa shape index (κ1) is 6.15. The molecule has 0 atom stereocenters. The van der Waals surface area contributed by atoms with Crippen LogP contribution in [0.4, 0.5) is 5.69 Å². The predicted octanol–water partition coefficient (Wildman–Crippen LogP) is 0.386. The number of aromatic nitrogens is 1. The standard InChI is InChI=1S/C7H7N3O/c11-7-4-9-2-5-1-8-3-6(5)10-7/h1-3,8H,4H2,(H,10,11). The Morgan fingerprint density at radius 3 is 3.27 bits per heavy atom. The molecule has 0 radical (unpaired) electrons. The average Bonchev–Trinajstić information content (AvgIpc) is 2.31. The molecule has 2 N–H and O–H groups in total. The number of carbonyl (C=O) groups excluding carboxylic acids is 1. The molecule has 0 bridgehead atoms. The fraction of sp³-hybridized carbons (Fsp3) is 0.143. The number of carbonyl (C=O) groups is 1. The fourth-order valence-electron chi connectivity index (χ4n) is 1.01. The van der Waals surface area contributed by atoms with Crippen LogP contribution in [0.15, 0.2) is 17.4 Å².